The van der Waals surface area contributed by atoms with E-state index in [-0.39, 0.29) is 17.6 Å². The van der Waals surface area contributed by atoms with Crippen molar-refractivity contribution >= 4 is 35.3 Å². The van der Waals surface area contributed by atoms with Gasteiger partial charge in [0.1, 0.15) is 5.82 Å². The van der Waals surface area contributed by atoms with Crippen molar-refractivity contribution < 1.29 is 14.0 Å². The van der Waals surface area contributed by atoms with Crippen LogP contribution in [0.2, 0.25) is 0 Å². The van der Waals surface area contributed by atoms with Crippen LogP contribution in [0.25, 0.3) is 6.08 Å². The second-order valence-electron chi connectivity index (χ2n) is 9.70. The number of para-hydroxylation sites is 1. The first kappa shape index (κ1) is 27.4. The molecule has 1 heterocycles. The molecule has 1 aliphatic rings. The van der Waals surface area contributed by atoms with Crippen molar-refractivity contribution in [2.75, 3.05) is 25.0 Å². The van der Waals surface area contributed by atoms with E-state index in [0.717, 1.165) is 34.8 Å². The normalized spacial score (nSPS) is 13.9. The van der Waals surface area contributed by atoms with Gasteiger partial charge in [0, 0.05) is 30.1 Å². The van der Waals surface area contributed by atoms with Gasteiger partial charge in [-0.1, -0.05) is 78.5 Å². The van der Waals surface area contributed by atoms with E-state index in [9.17, 15) is 14.0 Å². The van der Waals surface area contributed by atoms with Crippen LogP contribution >= 0.6 is 11.8 Å². The Morgan fingerprint density at radius 1 is 0.900 bits per heavy atom. The fourth-order valence-electron chi connectivity index (χ4n) is 4.51. The van der Waals surface area contributed by atoms with Gasteiger partial charge in [-0.2, -0.15) is 0 Å². The number of fused-ring (bicyclic) bond motifs is 1. The summed E-state index contributed by atoms with van der Waals surface area (Å²) < 4.78 is 13.4. The lowest BCUT2D eigenvalue weighted by atomic mass is 10.1. The van der Waals surface area contributed by atoms with Crippen LogP contribution in [0.4, 0.5) is 10.1 Å². The summed E-state index contributed by atoms with van der Waals surface area (Å²) in [5.74, 6) is -0.554. The Bertz CT molecular complexity index is 1510. The van der Waals surface area contributed by atoms with E-state index in [4.69, 9.17) is 0 Å². The van der Waals surface area contributed by atoms with E-state index >= 15 is 0 Å². The quantitative estimate of drug-likeness (QED) is 0.246. The number of amides is 2. The van der Waals surface area contributed by atoms with E-state index < -0.39 is 0 Å². The van der Waals surface area contributed by atoms with Gasteiger partial charge in [-0.15, -0.1) is 0 Å². The van der Waals surface area contributed by atoms with E-state index in [0.29, 0.717) is 23.6 Å². The van der Waals surface area contributed by atoms with Crippen LogP contribution < -0.4 is 10.2 Å². The van der Waals surface area contributed by atoms with Gasteiger partial charge in [0.15, 0.2) is 0 Å². The molecule has 4 aromatic rings. The van der Waals surface area contributed by atoms with E-state index in [1.54, 1.807) is 29.2 Å². The maximum Gasteiger partial charge on any atom is 0.265 e. The van der Waals surface area contributed by atoms with Gasteiger partial charge in [0.25, 0.3) is 11.8 Å². The molecule has 0 atom stereocenters. The van der Waals surface area contributed by atoms with Crippen LogP contribution in [-0.2, 0) is 17.9 Å². The van der Waals surface area contributed by atoms with Gasteiger partial charge in [-0.3, -0.25) is 9.59 Å². The average molecular weight is 552 g/mol. The summed E-state index contributed by atoms with van der Waals surface area (Å²) in [6, 6.07) is 31.4. The first-order valence-electron chi connectivity index (χ1n) is 13.1. The number of nitrogens with zero attached hydrogens (tertiary/aromatic N) is 2. The van der Waals surface area contributed by atoms with Gasteiger partial charge < -0.3 is 15.1 Å². The Balaban J connectivity index is 1.23. The summed E-state index contributed by atoms with van der Waals surface area (Å²) in [5.41, 5.74) is 4.31. The molecular formula is C33H30FN3O2S. The maximum absolute atomic E-state index is 13.5. The third kappa shape index (κ3) is 6.86. The molecule has 2 amide bonds. The molecule has 0 radical (unpaired) electrons. The number of carbonyl (C=O) groups excluding carboxylic acids is 2. The van der Waals surface area contributed by atoms with Crippen LogP contribution in [0.1, 0.15) is 27.0 Å². The molecule has 0 saturated heterocycles. The number of carbonyl (C=O) groups is 2. The third-order valence-corrected chi connectivity index (χ3v) is 7.71. The number of anilines is 1. The molecule has 0 bridgehead atoms. The minimum absolute atomic E-state index is 0.116. The molecule has 5 nitrogen and oxygen atoms in total. The summed E-state index contributed by atoms with van der Waals surface area (Å²) in [6.07, 6.45) is 1.85. The molecule has 0 aromatic heterocycles. The monoisotopic (exact) mass is 551 g/mol. The minimum atomic E-state index is -0.308. The first-order chi connectivity index (χ1) is 19.5. The topological polar surface area (TPSA) is 52.7 Å². The van der Waals surface area contributed by atoms with Gasteiger partial charge in [-0.25, -0.2) is 4.39 Å². The third-order valence-electron chi connectivity index (χ3n) is 6.63. The Morgan fingerprint density at radius 2 is 1.60 bits per heavy atom. The van der Waals surface area contributed by atoms with Gasteiger partial charge in [0.05, 0.1) is 17.1 Å². The second kappa shape index (κ2) is 12.8. The molecule has 0 aliphatic carbocycles. The predicted molar refractivity (Wildman–Crippen MR) is 159 cm³/mol. The molecular weight excluding hydrogens is 521 g/mol. The zero-order valence-electron chi connectivity index (χ0n) is 22.2. The van der Waals surface area contributed by atoms with E-state index in [2.05, 4.69) is 22.3 Å². The molecule has 5 rings (SSSR count). The number of hydrogen-bond acceptors (Lipinski definition) is 4. The summed E-state index contributed by atoms with van der Waals surface area (Å²) in [6.45, 7) is 2.44. The van der Waals surface area contributed by atoms with Crippen LogP contribution in [-0.4, -0.2) is 36.9 Å². The number of likely N-dealkylation sites (N-methyl/N-ethyl adjacent to an activating group) is 1. The van der Waals surface area contributed by atoms with E-state index in [1.807, 2.05) is 67.7 Å². The average Bonchev–Trinajstić information content (AvgIpc) is 2.97. The van der Waals surface area contributed by atoms with E-state index in [1.165, 1.54) is 29.5 Å². The van der Waals surface area contributed by atoms with Gasteiger partial charge in [-0.05, 0) is 66.2 Å². The number of benzene rings is 4. The molecule has 4 aromatic carbocycles. The molecule has 0 fully saturated rings. The van der Waals surface area contributed by atoms with Crippen molar-refractivity contribution in [3.05, 3.63) is 136 Å². The summed E-state index contributed by atoms with van der Waals surface area (Å²) in [7, 11) is 2.03. The number of halogens is 1. The fraction of sp³-hybridized carbons (Fsp3) is 0.152. The minimum Gasteiger partial charge on any atom is -0.351 e. The zero-order valence-corrected chi connectivity index (χ0v) is 23.0. The van der Waals surface area contributed by atoms with Crippen LogP contribution in [0.5, 0.6) is 0 Å². The maximum atomic E-state index is 13.5. The molecule has 0 saturated carbocycles. The lowest BCUT2D eigenvalue weighted by Gasteiger charge is -2.30. The van der Waals surface area contributed by atoms with Crippen molar-refractivity contribution in [1.82, 2.24) is 10.2 Å². The summed E-state index contributed by atoms with van der Waals surface area (Å²) >= 11 is 1.43. The SMILES string of the molecule is CN(CCNC(=O)c1ccc(C=C2Sc3ccccc3N(Cc3ccc(F)cc3)C2=O)cc1)Cc1ccccc1. The molecule has 7 heteroatoms. The van der Waals surface area contributed by atoms with Crippen molar-refractivity contribution in [2.45, 2.75) is 18.0 Å². The lowest BCUT2D eigenvalue weighted by molar-refractivity contribution is -0.114. The molecule has 0 spiro atoms. The summed E-state index contributed by atoms with van der Waals surface area (Å²) in [5, 5.41) is 2.98. The molecule has 0 unspecified atom stereocenters. The molecule has 1 aliphatic heterocycles. The van der Waals surface area contributed by atoms with Crippen molar-refractivity contribution in [3.8, 4) is 0 Å². The highest BCUT2D eigenvalue weighted by Gasteiger charge is 2.29. The van der Waals surface area contributed by atoms with Crippen LogP contribution in [0.3, 0.4) is 0 Å². The fourth-order valence-corrected chi connectivity index (χ4v) is 5.57. The zero-order chi connectivity index (χ0) is 27.9. The predicted octanol–water partition coefficient (Wildman–Crippen LogP) is 6.37. The standard InChI is InChI=1S/C33H30FN3O2S/c1-36(22-25-7-3-2-4-8-25)20-19-35-32(38)27-15-11-24(12-16-27)21-31-33(39)37(23-26-13-17-28(34)18-14-26)29-9-5-6-10-30(29)40-31/h2-18,21H,19-20,22-23H2,1H3,(H,35,38). The Labute approximate surface area is 238 Å². The Hall–Kier alpha value is -4.20. The lowest BCUT2D eigenvalue weighted by Crippen LogP contribution is -2.33. The smallest absolute Gasteiger partial charge is 0.265 e. The van der Waals surface area contributed by atoms with Crippen LogP contribution in [0.15, 0.2) is 113 Å². The number of nitrogens with one attached hydrogen (secondary N) is 1. The van der Waals surface area contributed by atoms with Crippen molar-refractivity contribution in [2.24, 2.45) is 0 Å². The Morgan fingerprint density at radius 3 is 2.35 bits per heavy atom. The number of hydrogen-bond donors (Lipinski definition) is 1. The van der Waals surface area contributed by atoms with Crippen molar-refractivity contribution in [3.63, 3.8) is 0 Å². The number of rotatable bonds is 9. The molecule has 40 heavy (non-hydrogen) atoms. The highest BCUT2D eigenvalue weighted by molar-refractivity contribution is 8.04. The number of thioether (sulfide) groups is 1. The highest BCUT2D eigenvalue weighted by atomic mass is 32.2. The Kier molecular flexibility index (Phi) is 8.74. The second-order valence-corrected chi connectivity index (χ2v) is 10.8. The molecule has 202 valence electrons. The van der Waals surface area contributed by atoms with Crippen molar-refractivity contribution in [1.29, 1.82) is 0 Å². The highest BCUT2D eigenvalue weighted by Crippen LogP contribution is 2.42. The summed E-state index contributed by atoms with van der Waals surface area (Å²) in [4.78, 5) is 31.7. The first-order valence-corrected chi connectivity index (χ1v) is 13.9. The molecule has 1 N–H and O–H groups in total. The van der Waals surface area contributed by atoms with Gasteiger partial charge in [0.2, 0.25) is 0 Å². The largest absolute Gasteiger partial charge is 0.351 e. The van der Waals surface area contributed by atoms with Gasteiger partial charge >= 0.3 is 0 Å². The van der Waals surface area contributed by atoms with Crippen LogP contribution in [0, 0.1) is 5.82 Å².